The summed E-state index contributed by atoms with van der Waals surface area (Å²) in [5, 5.41) is 0. The molecule has 7 nitrogen and oxygen atoms in total. The summed E-state index contributed by atoms with van der Waals surface area (Å²) in [6.07, 6.45) is 0. The van der Waals surface area contributed by atoms with Gasteiger partial charge in [-0.3, -0.25) is 4.79 Å². The van der Waals surface area contributed by atoms with Gasteiger partial charge >= 0.3 is 5.97 Å². The lowest BCUT2D eigenvalue weighted by molar-refractivity contribution is -0.172. The number of ether oxygens (including phenoxy) is 2. The average Bonchev–Trinajstić information content (AvgIpc) is 3.14. The van der Waals surface area contributed by atoms with Crippen LogP contribution in [0.15, 0.2) is 59.5 Å². The van der Waals surface area contributed by atoms with E-state index < -0.39 is 44.6 Å². The van der Waals surface area contributed by atoms with Gasteiger partial charge in [0, 0.05) is 0 Å². The van der Waals surface area contributed by atoms with Gasteiger partial charge in [-0.2, -0.15) is 4.31 Å². The van der Waals surface area contributed by atoms with Gasteiger partial charge in [-0.15, -0.1) is 0 Å². The molecule has 2 aliphatic heterocycles. The lowest BCUT2D eigenvalue weighted by Crippen LogP contribution is -2.64. The van der Waals surface area contributed by atoms with Crippen molar-refractivity contribution in [3.63, 3.8) is 0 Å². The largest absolute Gasteiger partial charge is 0.463 e. The Bertz CT molecular complexity index is 1170. The van der Waals surface area contributed by atoms with E-state index >= 15 is 0 Å². The Balaban J connectivity index is 2.03. The topological polar surface area (TPSA) is 90.0 Å². The second-order valence-electron chi connectivity index (χ2n) is 8.92. The number of sulfonamides is 1. The van der Waals surface area contributed by atoms with E-state index in [0.29, 0.717) is 5.56 Å². The van der Waals surface area contributed by atoms with Crippen LogP contribution in [0.5, 0.6) is 0 Å². The third-order valence-electron chi connectivity index (χ3n) is 6.74. The molecule has 2 aromatic carbocycles. The number of benzene rings is 2. The van der Waals surface area contributed by atoms with E-state index in [9.17, 15) is 18.0 Å². The average molecular weight is 458 g/mol. The molecule has 0 aromatic heterocycles. The predicted octanol–water partition coefficient (Wildman–Crippen LogP) is 3.38. The fourth-order valence-electron chi connectivity index (χ4n) is 4.76. The van der Waals surface area contributed by atoms with Crippen LogP contribution < -0.4 is 0 Å². The summed E-state index contributed by atoms with van der Waals surface area (Å²) in [4.78, 5) is 27.1. The third kappa shape index (κ3) is 2.76. The van der Waals surface area contributed by atoms with Crippen molar-refractivity contribution in [2.24, 2.45) is 5.41 Å². The summed E-state index contributed by atoms with van der Waals surface area (Å²) in [5.74, 6) is -1.37. The van der Waals surface area contributed by atoms with Gasteiger partial charge < -0.3 is 9.47 Å². The number of carbonyl (C=O) groups is 2. The first-order valence-electron chi connectivity index (χ1n) is 10.5. The number of hydrogen-bond donors (Lipinski definition) is 0. The zero-order valence-electron chi connectivity index (χ0n) is 18.8. The van der Waals surface area contributed by atoms with Crippen LogP contribution in [0.1, 0.15) is 44.9 Å². The molecule has 0 radical (unpaired) electrons. The maximum absolute atomic E-state index is 14.0. The molecular weight excluding hydrogens is 430 g/mol. The predicted molar refractivity (Wildman–Crippen MR) is 117 cm³/mol. The molecule has 2 aliphatic rings. The van der Waals surface area contributed by atoms with Gasteiger partial charge in [-0.25, -0.2) is 13.2 Å². The highest BCUT2D eigenvalue weighted by Gasteiger charge is 2.83. The maximum atomic E-state index is 14.0. The smallest absolute Gasteiger partial charge is 0.348 e. The van der Waals surface area contributed by atoms with Crippen molar-refractivity contribution < 1.29 is 27.5 Å². The first-order valence-corrected chi connectivity index (χ1v) is 12.0. The molecule has 3 atom stereocenters. The number of rotatable bonds is 5. The normalized spacial score (nSPS) is 29.3. The van der Waals surface area contributed by atoms with E-state index in [1.807, 2.05) is 6.92 Å². The molecule has 32 heavy (non-hydrogen) atoms. The van der Waals surface area contributed by atoms with Crippen LogP contribution in [-0.4, -0.2) is 42.4 Å². The van der Waals surface area contributed by atoms with E-state index in [4.69, 9.17) is 9.47 Å². The van der Waals surface area contributed by atoms with E-state index in [1.165, 1.54) is 16.4 Å². The van der Waals surface area contributed by atoms with Gasteiger partial charge in [0.2, 0.25) is 15.6 Å². The summed E-state index contributed by atoms with van der Waals surface area (Å²) in [7, 11) is -4.17. The van der Waals surface area contributed by atoms with E-state index in [1.54, 1.807) is 70.2 Å². The Morgan fingerprint density at radius 1 is 1.06 bits per heavy atom. The number of fused-ring (bicyclic) bond motifs is 2. The molecule has 0 aliphatic carbocycles. The molecule has 2 bridgehead atoms. The minimum absolute atomic E-state index is 0.0284. The number of piperidine rings is 1. The van der Waals surface area contributed by atoms with Crippen LogP contribution in [0.3, 0.4) is 0 Å². The highest BCUT2D eigenvalue weighted by Crippen LogP contribution is 2.65. The standard InChI is InChI=1S/C24H27NO6S/c1-6-30-21(27)24-19(17-10-8-7-9-11-17)25(23(5,31-24)22(3,4)20(24)26)32(28,29)18-14-12-16(2)13-15-18/h7-15,19H,6H2,1-5H3/t19-,23-,24-/m1/s1. The van der Waals surface area contributed by atoms with Gasteiger partial charge in [-0.1, -0.05) is 48.0 Å². The Morgan fingerprint density at radius 3 is 2.22 bits per heavy atom. The molecule has 2 heterocycles. The van der Waals surface area contributed by atoms with Crippen molar-refractivity contribution in [3.05, 3.63) is 65.7 Å². The van der Waals surface area contributed by atoms with Gasteiger partial charge in [0.25, 0.3) is 0 Å². The van der Waals surface area contributed by atoms with Crippen LogP contribution in [0.4, 0.5) is 0 Å². The highest BCUT2D eigenvalue weighted by atomic mass is 32.2. The van der Waals surface area contributed by atoms with E-state index in [-0.39, 0.29) is 11.5 Å². The highest BCUT2D eigenvalue weighted by molar-refractivity contribution is 7.89. The minimum atomic E-state index is -4.17. The zero-order valence-corrected chi connectivity index (χ0v) is 19.6. The molecule has 2 fully saturated rings. The molecule has 2 aromatic rings. The van der Waals surface area contributed by atoms with Crippen molar-refractivity contribution in [2.75, 3.05) is 6.61 Å². The molecule has 0 saturated carbocycles. The summed E-state index contributed by atoms with van der Waals surface area (Å²) < 4.78 is 40.7. The first-order chi connectivity index (χ1) is 14.9. The van der Waals surface area contributed by atoms with Crippen LogP contribution in [0.25, 0.3) is 0 Å². The zero-order chi connectivity index (χ0) is 23.5. The second kappa shape index (κ2) is 7.23. The molecular formula is C24H27NO6S. The SMILES string of the molecule is CCOC(=O)[C@@]12O[C@@](C)(N(S(=O)(=O)c3ccc(C)cc3)[C@@H]1c1ccccc1)C(C)(C)C2=O. The number of hydrogen-bond acceptors (Lipinski definition) is 6. The number of aryl methyl sites for hydroxylation is 1. The van der Waals surface area contributed by atoms with Crippen LogP contribution in [0.2, 0.25) is 0 Å². The monoisotopic (exact) mass is 457 g/mol. The Hall–Kier alpha value is -2.55. The van der Waals surface area contributed by atoms with Crippen molar-refractivity contribution in [3.8, 4) is 0 Å². The molecule has 170 valence electrons. The lowest BCUT2D eigenvalue weighted by atomic mass is 9.68. The summed E-state index contributed by atoms with van der Waals surface area (Å²) in [6, 6.07) is 13.9. The quantitative estimate of drug-likeness (QED) is 0.505. The summed E-state index contributed by atoms with van der Waals surface area (Å²) >= 11 is 0. The summed E-state index contributed by atoms with van der Waals surface area (Å²) in [5.41, 5.74) is -3.63. The molecule has 0 unspecified atom stereocenters. The molecule has 0 amide bonds. The lowest BCUT2D eigenvalue weighted by Gasteiger charge is -2.46. The van der Waals surface area contributed by atoms with Gasteiger partial charge in [-0.05, 0) is 52.3 Å². The molecule has 0 spiro atoms. The van der Waals surface area contributed by atoms with Gasteiger partial charge in [0.1, 0.15) is 11.8 Å². The summed E-state index contributed by atoms with van der Waals surface area (Å²) in [6.45, 7) is 8.29. The Labute approximate surface area is 188 Å². The van der Waals surface area contributed by atoms with Crippen LogP contribution in [-0.2, 0) is 29.1 Å². The fraction of sp³-hybridized carbons (Fsp3) is 0.417. The third-order valence-corrected chi connectivity index (χ3v) is 8.68. The number of esters is 1. The maximum Gasteiger partial charge on any atom is 0.348 e. The van der Waals surface area contributed by atoms with Gasteiger partial charge in [0.05, 0.1) is 16.9 Å². The van der Waals surface area contributed by atoms with Crippen molar-refractivity contribution in [1.82, 2.24) is 4.31 Å². The molecule has 0 N–H and O–H groups in total. The van der Waals surface area contributed by atoms with Crippen LogP contribution in [0, 0.1) is 12.3 Å². The van der Waals surface area contributed by atoms with E-state index in [0.717, 1.165) is 5.56 Å². The Morgan fingerprint density at radius 2 is 1.66 bits per heavy atom. The Kier molecular flexibility index (Phi) is 5.11. The van der Waals surface area contributed by atoms with E-state index in [2.05, 4.69) is 0 Å². The first kappa shape index (κ1) is 22.6. The molecule has 4 rings (SSSR count). The van der Waals surface area contributed by atoms with Crippen molar-refractivity contribution in [1.29, 1.82) is 0 Å². The number of Topliss-reactive ketones (excluding diaryl/α,β-unsaturated/α-hetero) is 1. The number of nitrogens with zero attached hydrogens (tertiary/aromatic N) is 1. The fourth-order valence-corrected chi connectivity index (χ4v) is 6.73. The van der Waals surface area contributed by atoms with Gasteiger partial charge in [0.15, 0.2) is 5.78 Å². The van der Waals surface area contributed by atoms with Crippen LogP contribution >= 0.6 is 0 Å². The van der Waals surface area contributed by atoms with Crippen molar-refractivity contribution in [2.45, 2.75) is 56.9 Å². The number of carbonyl (C=O) groups excluding carboxylic acids is 2. The minimum Gasteiger partial charge on any atom is -0.463 e. The van der Waals surface area contributed by atoms with Crippen molar-refractivity contribution >= 4 is 21.8 Å². The molecule has 8 heteroatoms. The molecule has 2 saturated heterocycles. The number of ketones is 1. The second-order valence-corrected chi connectivity index (χ2v) is 10.7.